The standard InChI is InChI=1S/C30H16F4N4O3S/c31-17-4-7-19(8-5-17)38-11-1-2-20(30(38)40)27(39)37-18-6-10-25(24(34)13-18)41-28-26-21(14-42-29(26)36-15-35-28)16-3-9-22(32)23(33)12-16/h1-15H,(H,37,39). The van der Waals surface area contributed by atoms with E-state index in [1.807, 2.05) is 0 Å². The molecule has 1 amide bonds. The van der Waals surface area contributed by atoms with Crippen LogP contribution >= 0.6 is 11.3 Å². The van der Waals surface area contributed by atoms with Gasteiger partial charge in [0.1, 0.15) is 22.5 Å². The predicted octanol–water partition coefficient (Wildman–Crippen LogP) is 7.11. The number of thiophene rings is 1. The van der Waals surface area contributed by atoms with Crippen LogP contribution in [0.4, 0.5) is 23.2 Å². The van der Waals surface area contributed by atoms with Gasteiger partial charge in [-0.1, -0.05) is 6.07 Å². The molecule has 0 unspecified atom stereocenters. The Hall–Kier alpha value is -5.36. The third kappa shape index (κ3) is 5.10. The van der Waals surface area contributed by atoms with E-state index in [2.05, 4.69) is 15.3 Å². The lowest BCUT2D eigenvalue weighted by Crippen LogP contribution is -2.27. The van der Waals surface area contributed by atoms with Gasteiger partial charge < -0.3 is 10.1 Å². The fourth-order valence-electron chi connectivity index (χ4n) is 4.24. The number of amides is 1. The highest BCUT2D eigenvalue weighted by molar-refractivity contribution is 7.17. The minimum Gasteiger partial charge on any atom is -0.435 e. The number of aromatic nitrogens is 3. The molecule has 0 aliphatic carbocycles. The Kier molecular flexibility index (Phi) is 6.97. The molecule has 3 aromatic heterocycles. The van der Waals surface area contributed by atoms with Crippen molar-refractivity contribution in [2.45, 2.75) is 0 Å². The number of rotatable bonds is 6. The average molecular weight is 589 g/mol. The van der Waals surface area contributed by atoms with Crippen molar-refractivity contribution in [2.75, 3.05) is 5.32 Å². The van der Waals surface area contributed by atoms with Crippen molar-refractivity contribution < 1.29 is 27.1 Å². The Morgan fingerprint density at radius 1 is 0.881 bits per heavy atom. The van der Waals surface area contributed by atoms with Gasteiger partial charge in [0.05, 0.1) is 5.39 Å². The summed E-state index contributed by atoms with van der Waals surface area (Å²) in [5.41, 5.74) is 0.379. The first-order chi connectivity index (χ1) is 20.3. The van der Waals surface area contributed by atoms with Gasteiger partial charge in [0.2, 0.25) is 5.88 Å². The summed E-state index contributed by atoms with van der Waals surface area (Å²) < 4.78 is 62.7. The van der Waals surface area contributed by atoms with Gasteiger partial charge in [-0.2, -0.15) is 0 Å². The topological polar surface area (TPSA) is 86.1 Å². The van der Waals surface area contributed by atoms with Crippen LogP contribution in [-0.4, -0.2) is 20.4 Å². The van der Waals surface area contributed by atoms with E-state index in [0.29, 0.717) is 27.0 Å². The van der Waals surface area contributed by atoms with Gasteiger partial charge in [0.15, 0.2) is 23.2 Å². The van der Waals surface area contributed by atoms with E-state index in [-0.39, 0.29) is 22.9 Å². The molecular formula is C30H16F4N4O3S. The van der Waals surface area contributed by atoms with E-state index in [9.17, 15) is 22.8 Å². The molecule has 0 saturated heterocycles. The summed E-state index contributed by atoms with van der Waals surface area (Å²) in [6.45, 7) is 0. The molecular weight excluding hydrogens is 572 g/mol. The molecule has 0 radical (unpaired) electrons. The third-order valence-electron chi connectivity index (χ3n) is 6.26. The second kappa shape index (κ2) is 10.9. The minimum absolute atomic E-state index is 0.0118. The normalized spacial score (nSPS) is 11.0. The number of ether oxygens (including phenoxy) is 1. The average Bonchev–Trinajstić information content (AvgIpc) is 3.42. The number of pyridine rings is 1. The summed E-state index contributed by atoms with van der Waals surface area (Å²) in [5.74, 6) is -4.36. The van der Waals surface area contributed by atoms with Crippen LogP contribution in [0.3, 0.4) is 0 Å². The lowest BCUT2D eigenvalue weighted by Gasteiger charge is -2.11. The molecule has 12 heteroatoms. The number of nitrogens with zero attached hydrogens (tertiary/aromatic N) is 3. The molecule has 1 N–H and O–H groups in total. The van der Waals surface area contributed by atoms with E-state index in [1.54, 1.807) is 5.38 Å². The second-order valence-electron chi connectivity index (χ2n) is 8.91. The molecule has 0 fully saturated rings. The van der Waals surface area contributed by atoms with Crippen molar-refractivity contribution >= 4 is 33.1 Å². The Morgan fingerprint density at radius 3 is 2.45 bits per heavy atom. The van der Waals surface area contributed by atoms with Crippen molar-refractivity contribution in [2.24, 2.45) is 0 Å². The van der Waals surface area contributed by atoms with Crippen molar-refractivity contribution in [1.82, 2.24) is 14.5 Å². The zero-order valence-electron chi connectivity index (χ0n) is 21.1. The van der Waals surface area contributed by atoms with E-state index in [0.717, 1.165) is 18.2 Å². The maximum absolute atomic E-state index is 15.1. The molecule has 42 heavy (non-hydrogen) atoms. The molecule has 6 rings (SSSR count). The van der Waals surface area contributed by atoms with Crippen LogP contribution in [0, 0.1) is 23.3 Å². The summed E-state index contributed by atoms with van der Waals surface area (Å²) in [5, 5.41) is 4.55. The number of fused-ring (bicyclic) bond motifs is 1. The van der Waals surface area contributed by atoms with Gasteiger partial charge in [-0.25, -0.2) is 27.5 Å². The molecule has 0 aliphatic heterocycles. The number of nitrogens with one attached hydrogen (secondary N) is 1. The zero-order chi connectivity index (χ0) is 29.4. The number of anilines is 1. The smallest absolute Gasteiger partial charge is 0.267 e. The van der Waals surface area contributed by atoms with Crippen LogP contribution in [-0.2, 0) is 0 Å². The monoisotopic (exact) mass is 588 g/mol. The molecule has 0 bridgehead atoms. The Morgan fingerprint density at radius 2 is 1.69 bits per heavy atom. The van der Waals surface area contributed by atoms with Crippen molar-refractivity contribution in [3.63, 3.8) is 0 Å². The van der Waals surface area contributed by atoms with E-state index < -0.39 is 34.7 Å². The highest BCUT2D eigenvalue weighted by Gasteiger charge is 2.19. The first-order valence-corrected chi connectivity index (χ1v) is 13.1. The fourth-order valence-corrected chi connectivity index (χ4v) is 5.14. The SMILES string of the molecule is O=C(Nc1ccc(Oc2ncnc3scc(-c4ccc(F)c(F)c4)c23)c(F)c1)c1cccn(-c2ccc(F)cc2)c1=O. The Labute approximate surface area is 238 Å². The number of halogens is 4. The molecule has 0 aliphatic rings. The molecule has 3 heterocycles. The lowest BCUT2D eigenvalue weighted by molar-refractivity contribution is 0.102. The molecule has 0 saturated carbocycles. The van der Waals surface area contributed by atoms with Crippen LogP contribution in [0.25, 0.3) is 27.0 Å². The largest absolute Gasteiger partial charge is 0.435 e. The number of carbonyl (C=O) groups excluding carboxylic acids is 1. The van der Waals surface area contributed by atoms with Gasteiger partial charge in [-0.15, -0.1) is 11.3 Å². The van der Waals surface area contributed by atoms with Crippen LogP contribution in [0.2, 0.25) is 0 Å². The maximum atomic E-state index is 15.1. The summed E-state index contributed by atoms with van der Waals surface area (Å²) in [6.07, 6.45) is 2.67. The van der Waals surface area contributed by atoms with Gasteiger partial charge in [-0.3, -0.25) is 14.2 Å². The highest BCUT2D eigenvalue weighted by Crippen LogP contribution is 2.40. The van der Waals surface area contributed by atoms with Crippen LogP contribution in [0.5, 0.6) is 11.6 Å². The van der Waals surface area contributed by atoms with E-state index in [4.69, 9.17) is 4.74 Å². The third-order valence-corrected chi connectivity index (χ3v) is 7.15. The summed E-state index contributed by atoms with van der Waals surface area (Å²) >= 11 is 1.22. The van der Waals surface area contributed by atoms with Gasteiger partial charge in [-0.05, 0) is 66.2 Å². The maximum Gasteiger partial charge on any atom is 0.267 e. The molecule has 7 nitrogen and oxygen atoms in total. The van der Waals surface area contributed by atoms with E-state index >= 15 is 4.39 Å². The summed E-state index contributed by atoms with van der Waals surface area (Å²) in [6, 6.07) is 15.1. The number of hydrogen-bond donors (Lipinski definition) is 1. The quantitative estimate of drug-likeness (QED) is 0.210. The lowest BCUT2D eigenvalue weighted by atomic mass is 10.1. The van der Waals surface area contributed by atoms with Crippen LogP contribution in [0.15, 0.2) is 95.5 Å². The molecule has 0 spiro atoms. The zero-order valence-corrected chi connectivity index (χ0v) is 22.0. The number of hydrogen-bond acceptors (Lipinski definition) is 6. The fraction of sp³-hybridized carbons (Fsp3) is 0. The van der Waals surface area contributed by atoms with Crippen LogP contribution < -0.4 is 15.6 Å². The van der Waals surface area contributed by atoms with Crippen molar-refractivity contribution in [3.05, 3.63) is 130 Å². The predicted molar refractivity (Wildman–Crippen MR) is 149 cm³/mol. The van der Waals surface area contributed by atoms with Crippen molar-refractivity contribution in [3.8, 4) is 28.4 Å². The van der Waals surface area contributed by atoms with Gasteiger partial charge in [0, 0.05) is 34.6 Å². The summed E-state index contributed by atoms with van der Waals surface area (Å²) in [4.78, 5) is 34.6. The second-order valence-corrected chi connectivity index (χ2v) is 9.77. The van der Waals surface area contributed by atoms with Crippen LogP contribution in [0.1, 0.15) is 10.4 Å². The molecule has 6 aromatic rings. The van der Waals surface area contributed by atoms with Gasteiger partial charge >= 0.3 is 0 Å². The number of carbonyl (C=O) groups is 1. The Balaban J connectivity index is 1.26. The first-order valence-electron chi connectivity index (χ1n) is 12.2. The van der Waals surface area contributed by atoms with Crippen molar-refractivity contribution in [1.29, 1.82) is 0 Å². The van der Waals surface area contributed by atoms with Gasteiger partial charge in [0.25, 0.3) is 11.5 Å². The molecule has 3 aromatic carbocycles. The molecule has 0 atom stereocenters. The number of benzene rings is 3. The Bertz CT molecular complexity index is 2040. The van der Waals surface area contributed by atoms with E-state index in [1.165, 1.54) is 83.0 Å². The molecule has 208 valence electrons. The summed E-state index contributed by atoms with van der Waals surface area (Å²) in [7, 11) is 0. The highest BCUT2D eigenvalue weighted by atomic mass is 32.1. The minimum atomic E-state index is -1.03. The first kappa shape index (κ1) is 26.8.